The number of amides is 1. The molecular weight excluding hydrogens is 470 g/mol. The number of rotatable bonds is 8. The van der Waals surface area contributed by atoms with Gasteiger partial charge in [0.25, 0.3) is 5.88 Å². The maximum Gasteiger partial charge on any atom is 0.460 e. The van der Waals surface area contributed by atoms with E-state index < -0.39 is 48.2 Å². The molecule has 31 heavy (non-hydrogen) atoms. The van der Waals surface area contributed by atoms with Crippen molar-refractivity contribution in [2.45, 2.75) is 43.4 Å². The molecule has 2 heterocycles. The Bertz CT molecular complexity index is 773. The van der Waals surface area contributed by atoms with Gasteiger partial charge in [-0.3, -0.25) is 4.79 Å². The number of hydrogen-bond donors (Lipinski definition) is 2. The van der Waals surface area contributed by atoms with Gasteiger partial charge in [0.15, 0.2) is 12.4 Å². The Morgan fingerprint density at radius 2 is 1.87 bits per heavy atom. The fraction of sp³-hybridized carbons (Fsp3) is 0.625. The van der Waals surface area contributed by atoms with E-state index in [0.717, 1.165) is 13.5 Å². The number of nitrogens with one attached hydrogen (secondary N) is 2. The number of alkyl halides is 7. The van der Waals surface area contributed by atoms with Crippen LogP contribution in [0.4, 0.5) is 35.1 Å². The zero-order valence-electron chi connectivity index (χ0n) is 15.8. The summed E-state index contributed by atoms with van der Waals surface area (Å²) in [5.74, 6) is -15.6. The van der Waals surface area contributed by atoms with Crippen LogP contribution in [-0.4, -0.2) is 55.2 Å². The number of carbonyl (C=O) groups excluding carboxylic acids is 1. The molecule has 1 saturated heterocycles. The molecule has 1 atom stereocenters. The van der Waals surface area contributed by atoms with E-state index in [0.29, 0.717) is 19.0 Å². The van der Waals surface area contributed by atoms with Gasteiger partial charge in [0.1, 0.15) is 0 Å². The molecular formula is C16H18ClF8N3O3. The highest BCUT2D eigenvalue weighted by molar-refractivity contribution is 5.85. The number of ether oxygens (including phenoxy) is 2. The average Bonchev–Trinajstić information content (AvgIpc) is 3.19. The summed E-state index contributed by atoms with van der Waals surface area (Å²) in [6.07, 6.45) is -5.15. The van der Waals surface area contributed by atoms with Crippen molar-refractivity contribution in [1.29, 1.82) is 0 Å². The topological polar surface area (TPSA) is 72.5 Å². The molecule has 0 aromatic carbocycles. The van der Waals surface area contributed by atoms with Gasteiger partial charge in [-0.15, -0.1) is 12.4 Å². The molecule has 178 valence electrons. The Kier molecular flexibility index (Phi) is 8.71. The normalized spacial score (nSPS) is 17.1. The minimum Gasteiger partial charge on any atom is -0.481 e. The van der Waals surface area contributed by atoms with Gasteiger partial charge in [-0.25, -0.2) is 4.39 Å². The summed E-state index contributed by atoms with van der Waals surface area (Å²) in [4.78, 5) is 15.3. The van der Waals surface area contributed by atoms with Crippen LogP contribution < -0.4 is 20.1 Å². The quantitative estimate of drug-likeness (QED) is 0.551. The van der Waals surface area contributed by atoms with Crippen molar-refractivity contribution in [2.75, 3.05) is 20.3 Å². The number of hydrogen-bond acceptors (Lipinski definition) is 5. The van der Waals surface area contributed by atoms with Crippen molar-refractivity contribution >= 4 is 18.3 Å². The van der Waals surface area contributed by atoms with Crippen molar-refractivity contribution in [1.82, 2.24) is 15.6 Å². The molecule has 2 N–H and O–H groups in total. The summed E-state index contributed by atoms with van der Waals surface area (Å²) in [5, 5.41) is 5.41. The number of aromatic nitrogens is 1. The lowest BCUT2D eigenvalue weighted by molar-refractivity contribution is -0.358. The van der Waals surface area contributed by atoms with E-state index in [4.69, 9.17) is 4.74 Å². The monoisotopic (exact) mass is 487 g/mol. The molecule has 15 heteroatoms. The molecule has 1 aliphatic rings. The van der Waals surface area contributed by atoms with Crippen LogP contribution >= 0.6 is 12.4 Å². The van der Waals surface area contributed by atoms with Crippen molar-refractivity contribution in [3.8, 4) is 11.8 Å². The first kappa shape index (κ1) is 26.9. The summed E-state index contributed by atoms with van der Waals surface area (Å²) < 4.78 is 112. The minimum absolute atomic E-state index is 0. The standard InChI is InChI=1S/C16H17F8N3O3.ClH/c1-29-12-8(6-26-11(28)10-3-2-4-25-10)5-9(17)13(27-12)30-7-14(18,19)15(20,21)16(22,23)24;/h5,10,25H,2-4,6-7H2,1H3,(H,26,28);1H. The molecule has 1 fully saturated rings. The molecule has 0 saturated carbocycles. The Morgan fingerprint density at radius 3 is 2.39 bits per heavy atom. The maximum absolute atomic E-state index is 14.1. The predicted molar refractivity (Wildman–Crippen MR) is 92.3 cm³/mol. The van der Waals surface area contributed by atoms with Crippen molar-refractivity contribution in [3.05, 3.63) is 17.4 Å². The molecule has 1 aliphatic heterocycles. The highest BCUT2D eigenvalue weighted by atomic mass is 35.5. The number of nitrogens with zero attached hydrogens (tertiary/aromatic N) is 1. The van der Waals surface area contributed by atoms with E-state index in [2.05, 4.69) is 20.4 Å². The van der Waals surface area contributed by atoms with Gasteiger partial charge in [-0.1, -0.05) is 0 Å². The van der Waals surface area contributed by atoms with Crippen molar-refractivity contribution in [2.24, 2.45) is 0 Å². The Labute approximate surface area is 177 Å². The maximum atomic E-state index is 14.1. The van der Waals surface area contributed by atoms with Crippen LogP contribution in [0.3, 0.4) is 0 Å². The van der Waals surface area contributed by atoms with E-state index in [9.17, 15) is 39.9 Å². The fourth-order valence-electron chi connectivity index (χ4n) is 2.57. The third kappa shape index (κ3) is 5.99. The van der Waals surface area contributed by atoms with E-state index in [1.807, 2.05) is 0 Å². The molecule has 2 rings (SSSR count). The fourth-order valence-corrected chi connectivity index (χ4v) is 2.57. The Balaban J connectivity index is 0.00000480. The summed E-state index contributed by atoms with van der Waals surface area (Å²) in [6.45, 7) is -2.11. The molecule has 0 aliphatic carbocycles. The number of halogens is 9. The first-order valence-corrected chi connectivity index (χ1v) is 8.50. The van der Waals surface area contributed by atoms with E-state index in [1.54, 1.807) is 0 Å². The second kappa shape index (κ2) is 10.0. The van der Waals surface area contributed by atoms with Gasteiger partial charge in [-0.05, 0) is 25.5 Å². The minimum atomic E-state index is -6.54. The largest absolute Gasteiger partial charge is 0.481 e. The lowest BCUT2D eigenvalue weighted by Crippen LogP contribution is -2.54. The molecule has 6 nitrogen and oxygen atoms in total. The van der Waals surface area contributed by atoms with Gasteiger partial charge in [0, 0.05) is 12.1 Å². The zero-order chi connectivity index (χ0) is 22.7. The van der Waals surface area contributed by atoms with E-state index in [1.165, 1.54) is 0 Å². The number of methoxy groups -OCH3 is 1. The van der Waals surface area contributed by atoms with Gasteiger partial charge >= 0.3 is 18.0 Å². The predicted octanol–water partition coefficient (Wildman–Crippen LogP) is 3.23. The molecule has 0 spiro atoms. The van der Waals surface area contributed by atoms with Crippen LogP contribution in [0, 0.1) is 5.82 Å². The Morgan fingerprint density at radius 1 is 1.23 bits per heavy atom. The van der Waals surface area contributed by atoms with Gasteiger partial charge in [0.2, 0.25) is 11.8 Å². The van der Waals surface area contributed by atoms with E-state index in [-0.39, 0.29) is 30.4 Å². The van der Waals surface area contributed by atoms with Gasteiger partial charge in [0.05, 0.1) is 13.2 Å². The smallest absolute Gasteiger partial charge is 0.460 e. The van der Waals surface area contributed by atoms with Crippen LogP contribution in [0.25, 0.3) is 0 Å². The van der Waals surface area contributed by atoms with Crippen LogP contribution in [0.15, 0.2) is 6.07 Å². The first-order valence-electron chi connectivity index (χ1n) is 8.50. The Hall–Kier alpha value is -2.09. The lowest BCUT2D eigenvalue weighted by atomic mass is 10.2. The SMILES string of the molecule is COc1nc(OCC(F)(F)C(F)(F)C(F)(F)F)c(F)cc1CNC(=O)C1CCCN1.Cl. The van der Waals surface area contributed by atoms with Crippen LogP contribution in [0.1, 0.15) is 18.4 Å². The third-order valence-electron chi connectivity index (χ3n) is 4.21. The van der Waals surface area contributed by atoms with E-state index >= 15 is 0 Å². The van der Waals surface area contributed by atoms with Crippen LogP contribution in [0.2, 0.25) is 0 Å². The molecule has 1 unspecified atom stereocenters. The third-order valence-corrected chi connectivity index (χ3v) is 4.21. The first-order chi connectivity index (χ1) is 13.8. The summed E-state index contributed by atoms with van der Waals surface area (Å²) in [5.41, 5.74) is -0.0407. The number of carbonyl (C=O) groups is 1. The second-order valence-electron chi connectivity index (χ2n) is 6.38. The summed E-state index contributed by atoms with van der Waals surface area (Å²) >= 11 is 0. The van der Waals surface area contributed by atoms with Crippen LogP contribution in [-0.2, 0) is 11.3 Å². The number of pyridine rings is 1. The molecule has 1 amide bonds. The molecule has 0 radical (unpaired) electrons. The average molecular weight is 488 g/mol. The van der Waals surface area contributed by atoms with Gasteiger partial charge < -0.3 is 20.1 Å². The van der Waals surface area contributed by atoms with Crippen LogP contribution in [0.5, 0.6) is 11.8 Å². The summed E-state index contributed by atoms with van der Waals surface area (Å²) in [6, 6.07) is 0.234. The molecule has 0 bridgehead atoms. The highest BCUT2D eigenvalue weighted by Gasteiger charge is 2.73. The second-order valence-corrected chi connectivity index (χ2v) is 6.38. The molecule has 1 aromatic heterocycles. The van der Waals surface area contributed by atoms with Gasteiger partial charge in [-0.2, -0.15) is 35.7 Å². The zero-order valence-corrected chi connectivity index (χ0v) is 16.6. The highest BCUT2D eigenvalue weighted by Crippen LogP contribution is 2.46. The summed E-state index contributed by atoms with van der Waals surface area (Å²) in [7, 11) is 1.06. The molecule has 1 aromatic rings. The van der Waals surface area contributed by atoms with Crippen molar-refractivity contribution < 1.29 is 49.4 Å². The van der Waals surface area contributed by atoms with Crippen molar-refractivity contribution in [3.63, 3.8) is 0 Å². The lowest BCUT2D eigenvalue weighted by Gasteiger charge is -2.27.